The van der Waals surface area contributed by atoms with Crippen LogP contribution in [-0.4, -0.2) is 57.6 Å². The van der Waals surface area contributed by atoms with Gasteiger partial charge in [-0.1, -0.05) is 75.8 Å². The summed E-state index contributed by atoms with van der Waals surface area (Å²) >= 11 is 0. The van der Waals surface area contributed by atoms with Crippen molar-refractivity contribution in [1.82, 2.24) is 0 Å². The first kappa shape index (κ1) is 42.0. The van der Waals surface area contributed by atoms with E-state index in [1.165, 1.54) is 0 Å². The van der Waals surface area contributed by atoms with Crippen LogP contribution in [-0.2, 0) is 19.7 Å². The maximum Gasteiger partial charge on any atom is 0.453 e. The summed E-state index contributed by atoms with van der Waals surface area (Å²) in [6.45, 7) is 3.03. The number of carboxylic acids is 1. The van der Waals surface area contributed by atoms with Gasteiger partial charge in [0.25, 0.3) is 0 Å². The number of hydrogen-bond acceptors (Lipinski definition) is 6. The normalized spacial score (nSPS) is 18.3. The molecule has 0 spiro atoms. The molecule has 1 aliphatic heterocycles. The lowest BCUT2D eigenvalue weighted by Crippen LogP contribution is -2.40. The van der Waals surface area contributed by atoms with Crippen molar-refractivity contribution in [1.29, 1.82) is 0 Å². The van der Waals surface area contributed by atoms with Crippen LogP contribution in [0.4, 0.5) is 22.0 Å². The summed E-state index contributed by atoms with van der Waals surface area (Å²) in [6.07, 6.45) is 4.80. The summed E-state index contributed by atoms with van der Waals surface area (Å²) in [5.41, 5.74) is 1.93. The molecule has 286 valence electrons. The van der Waals surface area contributed by atoms with E-state index in [-0.39, 0.29) is 37.8 Å². The van der Waals surface area contributed by atoms with E-state index in [0.29, 0.717) is 38.0 Å². The van der Waals surface area contributed by atoms with E-state index in [1.54, 1.807) is 14.2 Å². The molecule has 1 N–H and O–H groups in total. The molecule has 0 saturated carbocycles. The van der Waals surface area contributed by atoms with E-state index in [4.69, 9.17) is 23.7 Å². The highest BCUT2D eigenvalue weighted by Gasteiger charge is 2.56. The number of methoxy groups -OCH3 is 2. The van der Waals surface area contributed by atoms with Crippen molar-refractivity contribution in [3.63, 3.8) is 0 Å². The van der Waals surface area contributed by atoms with E-state index in [1.807, 2.05) is 24.3 Å². The summed E-state index contributed by atoms with van der Waals surface area (Å²) in [5, 5.41) is 9.58. The Labute approximate surface area is 298 Å². The van der Waals surface area contributed by atoms with Gasteiger partial charge in [-0.2, -0.15) is 22.0 Å². The van der Waals surface area contributed by atoms with Crippen molar-refractivity contribution in [3.05, 3.63) is 65.7 Å². The third-order valence-electron chi connectivity index (χ3n) is 9.63. The number of ether oxygens (including phenoxy) is 5. The lowest BCUT2D eigenvalue weighted by atomic mass is 9.66. The monoisotopic (exact) mass is 728 g/mol. The summed E-state index contributed by atoms with van der Waals surface area (Å²) in [4.78, 5) is 11.7. The van der Waals surface area contributed by atoms with E-state index in [2.05, 4.69) is 37.3 Å². The Morgan fingerprint density at radius 1 is 0.863 bits per heavy atom. The van der Waals surface area contributed by atoms with E-state index in [9.17, 15) is 31.9 Å². The lowest BCUT2D eigenvalue weighted by molar-refractivity contribution is -0.284. The quantitative estimate of drug-likeness (QED) is 0.0499. The van der Waals surface area contributed by atoms with Crippen molar-refractivity contribution in [2.45, 2.75) is 114 Å². The second-order valence-electron chi connectivity index (χ2n) is 13.5. The average Bonchev–Trinajstić information content (AvgIpc) is 3.09. The fourth-order valence-electron chi connectivity index (χ4n) is 6.53. The summed E-state index contributed by atoms with van der Waals surface area (Å²) in [6, 6.07) is 14.0. The van der Waals surface area contributed by atoms with Gasteiger partial charge in [-0.3, -0.25) is 4.79 Å². The van der Waals surface area contributed by atoms with Gasteiger partial charge < -0.3 is 28.8 Å². The number of benzene rings is 2. The molecular weight excluding hydrogens is 675 g/mol. The zero-order chi connectivity index (χ0) is 37.3. The fourth-order valence-corrected chi connectivity index (χ4v) is 6.53. The topological polar surface area (TPSA) is 83.5 Å². The number of rotatable bonds is 24. The van der Waals surface area contributed by atoms with Crippen LogP contribution in [0.3, 0.4) is 0 Å². The van der Waals surface area contributed by atoms with Crippen LogP contribution in [0.15, 0.2) is 54.6 Å². The predicted octanol–water partition coefficient (Wildman–Crippen LogP) is 10.6. The maximum absolute atomic E-state index is 13.0. The van der Waals surface area contributed by atoms with Crippen LogP contribution in [0.25, 0.3) is 0 Å². The Bertz CT molecular complexity index is 1350. The van der Waals surface area contributed by atoms with E-state index >= 15 is 0 Å². The van der Waals surface area contributed by atoms with Crippen molar-refractivity contribution < 1.29 is 55.5 Å². The first-order valence-corrected chi connectivity index (χ1v) is 17.8. The third-order valence-corrected chi connectivity index (χ3v) is 9.63. The number of fused-ring (bicyclic) bond motifs is 1. The second kappa shape index (κ2) is 20.6. The molecule has 1 heterocycles. The number of allylic oxidation sites excluding steroid dienone is 2. The van der Waals surface area contributed by atoms with Gasteiger partial charge in [0, 0.05) is 38.0 Å². The molecule has 51 heavy (non-hydrogen) atoms. The molecule has 12 heteroatoms. The fraction of sp³-hybridized carbons (Fsp3) is 0.615. The van der Waals surface area contributed by atoms with Crippen LogP contribution in [0.5, 0.6) is 17.2 Å². The van der Waals surface area contributed by atoms with Gasteiger partial charge >= 0.3 is 18.1 Å². The zero-order valence-electron chi connectivity index (χ0n) is 30.0. The Morgan fingerprint density at radius 2 is 1.45 bits per heavy atom. The highest BCUT2D eigenvalue weighted by atomic mass is 19.4. The second-order valence-corrected chi connectivity index (χ2v) is 13.5. The SMILES string of the molecule is COCOc1ccc(C2(C)COc3cc(OCOC)ccc3C2CC=CCCCCCCC(CCCCCCC(F)(F)C(F)(F)F)C(=O)O)cc1. The average molecular weight is 729 g/mol. The molecule has 0 fully saturated rings. The first-order chi connectivity index (χ1) is 24.3. The molecule has 3 atom stereocenters. The number of unbranched alkanes of at least 4 members (excludes halogenated alkanes) is 7. The van der Waals surface area contributed by atoms with Crippen LogP contribution in [0.1, 0.15) is 107 Å². The standard InChI is InChI=1S/C39H53F5O7/c1-37(30-18-20-31(21-19-30)50-27-47-2)26-49-35-25-32(51-28-48-3)22-23-33(35)34(37)17-13-8-6-4-5-7-11-15-29(36(45)46)16-12-9-10-14-24-38(40,41)39(42,43)44/h8,13,18-23,25,29,34H,4-7,9-12,14-17,24,26-28H2,1-3H3,(H,45,46). The number of halogens is 5. The number of carboxylic acid groups (broad SMARTS) is 1. The molecule has 2 aromatic carbocycles. The molecule has 0 aliphatic carbocycles. The molecule has 3 rings (SSSR count). The zero-order valence-corrected chi connectivity index (χ0v) is 30.0. The van der Waals surface area contributed by atoms with E-state index < -0.39 is 30.4 Å². The van der Waals surface area contributed by atoms with Gasteiger partial charge in [0.1, 0.15) is 17.2 Å². The van der Waals surface area contributed by atoms with Crippen molar-refractivity contribution in [2.75, 3.05) is 34.4 Å². The van der Waals surface area contributed by atoms with Crippen molar-refractivity contribution in [3.8, 4) is 17.2 Å². The minimum absolute atomic E-state index is 0.133. The van der Waals surface area contributed by atoms with Crippen LogP contribution >= 0.6 is 0 Å². The molecule has 0 saturated heterocycles. The summed E-state index contributed by atoms with van der Waals surface area (Å²) < 4.78 is 90.5. The van der Waals surface area contributed by atoms with Crippen LogP contribution in [0.2, 0.25) is 0 Å². The van der Waals surface area contributed by atoms with Crippen LogP contribution in [0, 0.1) is 5.92 Å². The van der Waals surface area contributed by atoms with Crippen molar-refractivity contribution >= 4 is 5.97 Å². The first-order valence-electron chi connectivity index (χ1n) is 17.8. The molecule has 3 unspecified atom stereocenters. The Kier molecular flexibility index (Phi) is 17.0. The summed E-state index contributed by atoms with van der Waals surface area (Å²) in [5.74, 6) is -3.77. The molecule has 0 radical (unpaired) electrons. The molecule has 0 aromatic heterocycles. The molecule has 7 nitrogen and oxygen atoms in total. The van der Waals surface area contributed by atoms with Crippen LogP contribution < -0.4 is 14.2 Å². The molecule has 1 aliphatic rings. The molecular formula is C39H53F5O7. The Morgan fingerprint density at radius 3 is 2.06 bits per heavy atom. The Balaban J connectivity index is 1.46. The number of carbonyl (C=O) groups is 1. The molecule has 0 bridgehead atoms. The van der Waals surface area contributed by atoms with Gasteiger partial charge in [-0.15, -0.1) is 0 Å². The third kappa shape index (κ3) is 13.0. The lowest BCUT2D eigenvalue weighted by Gasteiger charge is -2.42. The predicted molar refractivity (Wildman–Crippen MR) is 185 cm³/mol. The van der Waals surface area contributed by atoms with Gasteiger partial charge in [-0.25, -0.2) is 0 Å². The highest BCUT2D eigenvalue weighted by Crippen LogP contribution is 2.49. The minimum atomic E-state index is -5.53. The smallest absolute Gasteiger partial charge is 0.453 e. The number of hydrogen-bond donors (Lipinski definition) is 1. The van der Waals surface area contributed by atoms with Gasteiger partial charge in [0.2, 0.25) is 0 Å². The van der Waals surface area contributed by atoms with Gasteiger partial charge in [-0.05, 0) is 67.9 Å². The highest BCUT2D eigenvalue weighted by molar-refractivity contribution is 5.69. The molecule has 2 aromatic rings. The number of aliphatic carboxylic acids is 1. The van der Waals surface area contributed by atoms with Gasteiger partial charge in [0.15, 0.2) is 13.6 Å². The molecule has 0 amide bonds. The summed E-state index contributed by atoms with van der Waals surface area (Å²) in [7, 11) is 3.16. The van der Waals surface area contributed by atoms with E-state index in [0.717, 1.165) is 61.2 Å². The van der Waals surface area contributed by atoms with Crippen molar-refractivity contribution in [2.24, 2.45) is 5.92 Å². The number of alkyl halides is 5. The maximum atomic E-state index is 13.0. The minimum Gasteiger partial charge on any atom is -0.492 e. The largest absolute Gasteiger partial charge is 0.492 e. The Hall–Kier alpha value is -3.38. The van der Waals surface area contributed by atoms with Gasteiger partial charge in [0.05, 0.1) is 12.5 Å².